The topological polar surface area (TPSA) is 66.5 Å². The zero-order chi connectivity index (χ0) is 19.0. The summed E-state index contributed by atoms with van der Waals surface area (Å²) in [7, 11) is -3.45. The summed E-state index contributed by atoms with van der Waals surface area (Å²) >= 11 is 1.92. The van der Waals surface area contributed by atoms with Gasteiger partial charge in [0.25, 0.3) is 0 Å². The minimum atomic E-state index is -3.45. The third-order valence-corrected chi connectivity index (χ3v) is 7.18. The van der Waals surface area contributed by atoms with E-state index in [1.54, 1.807) is 0 Å². The molecule has 0 bridgehead atoms. The summed E-state index contributed by atoms with van der Waals surface area (Å²) in [6, 6.07) is 7.68. The maximum atomic E-state index is 12.2. The standard InChI is InChI=1S/C19H30N2O3S2/c1-16-8-10-17(11-9-16)14-21(26(2,23)24)15-19(22)20-12-13-25-18-6-4-3-5-7-18/h8-11,18H,3-7,12-15H2,1-2H3,(H,20,22). The lowest BCUT2D eigenvalue weighted by atomic mass is 10.0. The summed E-state index contributed by atoms with van der Waals surface area (Å²) in [6.45, 7) is 2.64. The van der Waals surface area contributed by atoms with Gasteiger partial charge in [-0.2, -0.15) is 16.1 Å². The molecule has 1 amide bonds. The van der Waals surface area contributed by atoms with Crippen molar-refractivity contribution < 1.29 is 13.2 Å². The zero-order valence-corrected chi connectivity index (χ0v) is 17.4. The second kappa shape index (κ2) is 10.3. The van der Waals surface area contributed by atoms with E-state index in [2.05, 4.69) is 5.32 Å². The van der Waals surface area contributed by atoms with Crippen molar-refractivity contribution in [2.24, 2.45) is 0 Å². The Morgan fingerprint density at radius 3 is 2.46 bits per heavy atom. The predicted octanol–water partition coefficient (Wildman–Crippen LogP) is 2.94. The van der Waals surface area contributed by atoms with Gasteiger partial charge in [-0.15, -0.1) is 0 Å². The first-order valence-corrected chi connectivity index (χ1v) is 12.1. The highest BCUT2D eigenvalue weighted by atomic mass is 32.2. The van der Waals surface area contributed by atoms with Crippen LogP contribution in [0.4, 0.5) is 0 Å². The van der Waals surface area contributed by atoms with Gasteiger partial charge in [0.15, 0.2) is 0 Å². The van der Waals surface area contributed by atoms with Crippen LogP contribution in [0.15, 0.2) is 24.3 Å². The van der Waals surface area contributed by atoms with Crippen LogP contribution in [0, 0.1) is 6.92 Å². The molecule has 5 nitrogen and oxygen atoms in total. The van der Waals surface area contributed by atoms with Crippen LogP contribution < -0.4 is 5.32 Å². The number of benzene rings is 1. The smallest absolute Gasteiger partial charge is 0.235 e. The molecule has 0 atom stereocenters. The Labute approximate surface area is 162 Å². The van der Waals surface area contributed by atoms with Gasteiger partial charge < -0.3 is 5.32 Å². The molecule has 0 aromatic heterocycles. The maximum Gasteiger partial charge on any atom is 0.235 e. The Morgan fingerprint density at radius 1 is 1.19 bits per heavy atom. The van der Waals surface area contributed by atoms with E-state index >= 15 is 0 Å². The summed E-state index contributed by atoms with van der Waals surface area (Å²) < 4.78 is 25.3. The Bertz CT molecular complexity index is 669. The van der Waals surface area contributed by atoms with Gasteiger partial charge >= 0.3 is 0 Å². The molecule has 1 N–H and O–H groups in total. The number of thioether (sulfide) groups is 1. The number of aryl methyl sites for hydroxylation is 1. The summed E-state index contributed by atoms with van der Waals surface area (Å²) in [5, 5.41) is 3.57. The average molecular weight is 399 g/mol. The number of nitrogens with one attached hydrogen (secondary N) is 1. The van der Waals surface area contributed by atoms with E-state index in [4.69, 9.17) is 0 Å². The Balaban J connectivity index is 1.77. The second-order valence-corrected chi connectivity index (χ2v) is 10.4. The van der Waals surface area contributed by atoms with E-state index in [0.717, 1.165) is 28.4 Å². The monoisotopic (exact) mass is 398 g/mol. The molecule has 0 heterocycles. The third kappa shape index (κ3) is 7.68. The Kier molecular flexibility index (Phi) is 8.44. The van der Waals surface area contributed by atoms with Crippen LogP contribution >= 0.6 is 11.8 Å². The number of rotatable bonds is 9. The Hall–Kier alpha value is -1.05. The first-order chi connectivity index (χ1) is 12.3. The summed E-state index contributed by atoms with van der Waals surface area (Å²) in [4.78, 5) is 12.2. The largest absolute Gasteiger partial charge is 0.354 e. The molecule has 1 fully saturated rings. The van der Waals surface area contributed by atoms with E-state index in [1.807, 2.05) is 43.0 Å². The van der Waals surface area contributed by atoms with Crippen molar-refractivity contribution in [3.8, 4) is 0 Å². The van der Waals surface area contributed by atoms with Crippen LogP contribution in [-0.2, 0) is 21.4 Å². The molecule has 2 rings (SSSR count). The quantitative estimate of drug-likeness (QED) is 0.650. The maximum absolute atomic E-state index is 12.2. The molecule has 0 unspecified atom stereocenters. The summed E-state index contributed by atoms with van der Waals surface area (Å²) in [5.74, 6) is 0.638. The molecule has 0 spiro atoms. The molecular formula is C19H30N2O3S2. The molecule has 7 heteroatoms. The zero-order valence-electron chi connectivity index (χ0n) is 15.7. The van der Waals surface area contributed by atoms with E-state index in [1.165, 1.54) is 36.4 Å². The van der Waals surface area contributed by atoms with E-state index < -0.39 is 10.0 Å². The van der Waals surface area contributed by atoms with Crippen molar-refractivity contribution in [2.75, 3.05) is 25.1 Å². The summed E-state index contributed by atoms with van der Waals surface area (Å²) in [5.41, 5.74) is 1.99. The van der Waals surface area contributed by atoms with Crippen molar-refractivity contribution in [3.05, 3.63) is 35.4 Å². The molecular weight excluding hydrogens is 368 g/mol. The highest BCUT2D eigenvalue weighted by Crippen LogP contribution is 2.27. The van der Waals surface area contributed by atoms with Gasteiger partial charge in [0, 0.05) is 24.1 Å². The third-order valence-electron chi connectivity index (χ3n) is 4.60. The van der Waals surface area contributed by atoms with E-state index in [-0.39, 0.29) is 19.0 Å². The van der Waals surface area contributed by atoms with Crippen molar-refractivity contribution in [3.63, 3.8) is 0 Å². The molecule has 1 aliphatic rings. The number of hydrogen-bond donors (Lipinski definition) is 1. The highest BCUT2D eigenvalue weighted by Gasteiger charge is 2.20. The minimum Gasteiger partial charge on any atom is -0.354 e. The predicted molar refractivity (Wildman–Crippen MR) is 109 cm³/mol. The average Bonchev–Trinajstić information content (AvgIpc) is 2.60. The molecule has 1 aromatic rings. The van der Waals surface area contributed by atoms with Gasteiger partial charge in [-0.3, -0.25) is 4.79 Å². The normalized spacial score (nSPS) is 16.0. The lowest BCUT2D eigenvalue weighted by molar-refractivity contribution is -0.121. The molecule has 1 saturated carbocycles. The van der Waals surface area contributed by atoms with Gasteiger partial charge in [0.2, 0.25) is 15.9 Å². The van der Waals surface area contributed by atoms with Crippen LogP contribution in [0.1, 0.15) is 43.2 Å². The van der Waals surface area contributed by atoms with E-state index in [9.17, 15) is 13.2 Å². The number of nitrogens with zero attached hydrogens (tertiary/aromatic N) is 1. The van der Waals surface area contributed by atoms with Crippen molar-refractivity contribution in [1.82, 2.24) is 9.62 Å². The first kappa shape index (κ1) is 21.3. The van der Waals surface area contributed by atoms with Crippen molar-refractivity contribution in [1.29, 1.82) is 0 Å². The van der Waals surface area contributed by atoms with Gasteiger partial charge in [-0.05, 0) is 25.3 Å². The molecule has 0 radical (unpaired) electrons. The SMILES string of the molecule is Cc1ccc(CN(CC(=O)NCCSC2CCCCC2)S(C)(=O)=O)cc1. The number of carbonyl (C=O) groups excluding carboxylic acids is 1. The van der Waals surface area contributed by atoms with Crippen LogP contribution in [0.3, 0.4) is 0 Å². The van der Waals surface area contributed by atoms with Crippen molar-refractivity contribution >= 4 is 27.7 Å². The fourth-order valence-electron chi connectivity index (χ4n) is 3.05. The summed E-state index contributed by atoms with van der Waals surface area (Å²) in [6.07, 6.45) is 7.66. The van der Waals surface area contributed by atoms with Gasteiger partial charge in [0.05, 0.1) is 12.8 Å². The molecule has 0 saturated heterocycles. The number of amides is 1. The first-order valence-electron chi connectivity index (χ1n) is 9.23. The number of carbonyl (C=O) groups is 1. The van der Waals surface area contributed by atoms with Crippen molar-refractivity contribution in [2.45, 2.75) is 50.8 Å². The van der Waals surface area contributed by atoms with Crippen LogP contribution in [0.25, 0.3) is 0 Å². The lowest BCUT2D eigenvalue weighted by Gasteiger charge is -2.21. The molecule has 146 valence electrons. The number of sulfonamides is 1. The second-order valence-electron chi connectivity index (χ2n) is 7.00. The Morgan fingerprint density at radius 2 is 1.85 bits per heavy atom. The van der Waals surface area contributed by atoms with Crippen LogP contribution in [0.2, 0.25) is 0 Å². The fourth-order valence-corrected chi connectivity index (χ4v) is 5.01. The molecule has 1 aliphatic carbocycles. The molecule has 26 heavy (non-hydrogen) atoms. The van der Waals surface area contributed by atoms with Gasteiger partial charge in [0.1, 0.15) is 0 Å². The minimum absolute atomic E-state index is 0.138. The fraction of sp³-hybridized carbons (Fsp3) is 0.632. The highest BCUT2D eigenvalue weighted by molar-refractivity contribution is 7.99. The molecule has 0 aliphatic heterocycles. The van der Waals surface area contributed by atoms with Crippen LogP contribution in [-0.4, -0.2) is 49.0 Å². The van der Waals surface area contributed by atoms with Crippen LogP contribution in [0.5, 0.6) is 0 Å². The lowest BCUT2D eigenvalue weighted by Crippen LogP contribution is -2.40. The van der Waals surface area contributed by atoms with Gasteiger partial charge in [-0.25, -0.2) is 8.42 Å². The molecule has 1 aromatic carbocycles. The van der Waals surface area contributed by atoms with Gasteiger partial charge in [-0.1, -0.05) is 49.1 Å². The number of hydrogen-bond acceptors (Lipinski definition) is 4. The van der Waals surface area contributed by atoms with E-state index in [0.29, 0.717) is 6.54 Å².